The summed E-state index contributed by atoms with van der Waals surface area (Å²) in [5.74, 6) is 0.683. The molecule has 2 aromatic carbocycles. The minimum Gasteiger partial charge on any atom is -0.465 e. The van der Waals surface area contributed by atoms with Crippen molar-refractivity contribution in [2.24, 2.45) is 0 Å². The second-order valence-corrected chi connectivity index (χ2v) is 6.97. The van der Waals surface area contributed by atoms with Crippen LogP contribution < -0.4 is 0 Å². The predicted molar refractivity (Wildman–Crippen MR) is 95.0 cm³/mol. The molecule has 0 saturated carbocycles. The van der Waals surface area contributed by atoms with Gasteiger partial charge in [-0.1, -0.05) is 37.3 Å². The molecule has 0 amide bonds. The molecule has 0 aliphatic carbocycles. The number of methoxy groups -OCH3 is 1. The molecule has 0 aliphatic rings. The van der Waals surface area contributed by atoms with Crippen molar-refractivity contribution in [2.45, 2.75) is 11.8 Å². The fourth-order valence-electron chi connectivity index (χ4n) is 2.54. The number of benzene rings is 2. The average Bonchev–Trinajstić information content (AvgIpc) is 3.04. The first-order chi connectivity index (χ1) is 10.8. The van der Waals surface area contributed by atoms with E-state index in [2.05, 4.69) is 18.4 Å². The Hall–Kier alpha value is -1.78. The van der Waals surface area contributed by atoms with E-state index >= 15 is 0 Å². The van der Waals surface area contributed by atoms with Crippen molar-refractivity contribution < 1.29 is 9.53 Å². The number of fused-ring (bicyclic) bond motifs is 1. The van der Waals surface area contributed by atoms with Gasteiger partial charge < -0.3 is 4.74 Å². The molecular weight excluding hydrogens is 312 g/mol. The number of carbonyl (C=O) groups excluding carboxylic acids is 1. The highest BCUT2D eigenvalue weighted by Gasteiger charge is 2.20. The van der Waals surface area contributed by atoms with Gasteiger partial charge in [0, 0.05) is 20.5 Å². The molecule has 0 atom stereocenters. The van der Waals surface area contributed by atoms with E-state index in [1.54, 1.807) is 23.1 Å². The Morgan fingerprint density at radius 1 is 1.23 bits per heavy atom. The minimum absolute atomic E-state index is 0.285. The van der Waals surface area contributed by atoms with Crippen LogP contribution in [0.4, 0.5) is 0 Å². The third-order valence-corrected chi connectivity index (χ3v) is 5.34. The molecule has 112 valence electrons. The topological polar surface area (TPSA) is 26.3 Å². The summed E-state index contributed by atoms with van der Waals surface area (Å²) >= 11 is 3.42. The highest BCUT2D eigenvalue weighted by atomic mass is 32.2. The zero-order valence-electron chi connectivity index (χ0n) is 12.5. The maximum absolute atomic E-state index is 12.3. The summed E-state index contributed by atoms with van der Waals surface area (Å²) in [6, 6.07) is 14.1. The smallest absolute Gasteiger partial charge is 0.338 e. The van der Waals surface area contributed by atoms with Crippen LogP contribution in [-0.4, -0.2) is 18.8 Å². The molecule has 0 bridgehead atoms. The molecule has 0 N–H and O–H groups in total. The van der Waals surface area contributed by atoms with Crippen LogP contribution in [0.2, 0.25) is 0 Å². The number of hydrogen-bond donors (Lipinski definition) is 0. The van der Waals surface area contributed by atoms with E-state index < -0.39 is 0 Å². The zero-order chi connectivity index (χ0) is 15.5. The lowest BCUT2D eigenvalue weighted by molar-refractivity contribution is 0.0601. The van der Waals surface area contributed by atoms with Gasteiger partial charge in [-0.25, -0.2) is 4.79 Å². The van der Waals surface area contributed by atoms with Crippen molar-refractivity contribution in [1.29, 1.82) is 0 Å². The molecule has 1 heterocycles. The second-order valence-electron chi connectivity index (χ2n) is 4.75. The van der Waals surface area contributed by atoms with Gasteiger partial charge in [0.25, 0.3) is 0 Å². The highest BCUT2D eigenvalue weighted by molar-refractivity contribution is 7.99. The summed E-state index contributed by atoms with van der Waals surface area (Å²) in [6.07, 6.45) is 0. The normalized spacial score (nSPS) is 10.8. The van der Waals surface area contributed by atoms with Gasteiger partial charge in [-0.05, 0) is 28.8 Å². The largest absolute Gasteiger partial charge is 0.465 e. The zero-order valence-corrected chi connectivity index (χ0v) is 14.1. The van der Waals surface area contributed by atoms with E-state index in [1.807, 2.05) is 36.4 Å². The Bertz CT molecular complexity index is 807. The molecule has 0 saturated heterocycles. The Balaban J connectivity index is 2.35. The molecule has 1 aromatic heterocycles. The van der Waals surface area contributed by atoms with Gasteiger partial charge in [-0.2, -0.15) is 0 Å². The standard InChI is InChI=1S/C18H16O2S2/c1-3-21-15-11-14(18(19)20-2)16(12-7-5-4-6-8-12)17-13(15)9-10-22-17/h4-11H,3H2,1-2H3. The van der Waals surface area contributed by atoms with Crippen molar-refractivity contribution >= 4 is 39.2 Å². The summed E-state index contributed by atoms with van der Waals surface area (Å²) in [5.41, 5.74) is 2.65. The number of thiophene rings is 1. The number of rotatable bonds is 4. The first-order valence-corrected chi connectivity index (χ1v) is 8.93. The second kappa shape index (κ2) is 6.55. The molecule has 0 radical (unpaired) electrons. The molecule has 0 fully saturated rings. The Morgan fingerprint density at radius 2 is 2.00 bits per heavy atom. The first-order valence-electron chi connectivity index (χ1n) is 7.07. The molecular formula is C18H16O2S2. The molecule has 0 spiro atoms. The van der Waals surface area contributed by atoms with E-state index in [0.717, 1.165) is 26.5 Å². The van der Waals surface area contributed by atoms with E-state index in [9.17, 15) is 4.79 Å². The minimum atomic E-state index is -0.285. The summed E-state index contributed by atoms with van der Waals surface area (Å²) in [6.45, 7) is 2.12. The van der Waals surface area contributed by atoms with E-state index in [-0.39, 0.29) is 5.97 Å². The van der Waals surface area contributed by atoms with Gasteiger partial charge in [0.2, 0.25) is 0 Å². The predicted octanol–water partition coefficient (Wildman–Crippen LogP) is 5.47. The number of ether oxygens (including phenoxy) is 1. The van der Waals surface area contributed by atoms with Crippen LogP contribution in [0, 0.1) is 0 Å². The maximum Gasteiger partial charge on any atom is 0.338 e. The third kappa shape index (κ3) is 2.64. The quantitative estimate of drug-likeness (QED) is 0.469. The van der Waals surface area contributed by atoms with Crippen molar-refractivity contribution in [3.63, 3.8) is 0 Å². The Kier molecular flexibility index (Phi) is 4.50. The van der Waals surface area contributed by atoms with Gasteiger partial charge in [-0.15, -0.1) is 23.1 Å². The summed E-state index contributed by atoms with van der Waals surface area (Å²) in [4.78, 5) is 13.4. The monoisotopic (exact) mass is 328 g/mol. The van der Waals surface area contributed by atoms with Crippen LogP contribution in [-0.2, 0) is 4.74 Å². The van der Waals surface area contributed by atoms with Crippen molar-refractivity contribution in [2.75, 3.05) is 12.9 Å². The molecule has 3 rings (SSSR count). The number of carbonyl (C=O) groups is 1. The lowest BCUT2D eigenvalue weighted by Crippen LogP contribution is -2.04. The number of hydrogen-bond acceptors (Lipinski definition) is 4. The van der Waals surface area contributed by atoms with E-state index in [1.165, 1.54) is 12.5 Å². The first kappa shape index (κ1) is 15.1. The fourth-order valence-corrected chi connectivity index (χ4v) is 4.43. The average molecular weight is 328 g/mol. The Morgan fingerprint density at radius 3 is 2.68 bits per heavy atom. The highest BCUT2D eigenvalue weighted by Crippen LogP contribution is 2.41. The van der Waals surface area contributed by atoms with E-state index in [4.69, 9.17) is 4.74 Å². The van der Waals surface area contributed by atoms with Crippen LogP contribution in [0.3, 0.4) is 0 Å². The fraction of sp³-hybridized carbons (Fsp3) is 0.167. The van der Waals surface area contributed by atoms with Crippen LogP contribution >= 0.6 is 23.1 Å². The summed E-state index contributed by atoms with van der Waals surface area (Å²) in [5, 5.41) is 3.29. The lowest BCUT2D eigenvalue weighted by atomic mass is 9.98. The SMILES string of the molecule is CCSc1cc(C(=O)OC)c(-c2ccccc2)c2sccc12. The van der Waals surface area contributed by atoms with Crippen LogP contribution in [0.5, 0.6) is 0 Å². The summed E-state index contributed by atoms with van der Waals surface area (Å²) in [7, 11) is 1.43. The number of esters is 1. The van der Waals surface area contributed by atoms with Crippen LogP contribution in [0.1, 0.15) is 17.3 Å². The lowest BCUT2D eigenvalue weighted by Gasteiger charge is -2.13. The van der Waals surface area contributed by atoms with Gasteiger partial charge in [0.15, 0.2) is 0 Å². The third-order valence-electron chi connectivity index (χ3n) is 3.47. The van der Waals surface area contributed by atoms with Gasteiger partial charge >= 0.3 is 5.97 Å². The summed E-state index contributed by atoms with van der Waals surface area (Å²) < 4.78 is 6.16. The molecule has 2 nitrogen and oxygen atoms in total. The van der Waals surface area contributed by atoms with Crippen LogP contribution in [0.25, 0.3) is 21.2 Å². The van der Waals surface area contributed by atoms with Crippen molar-refractivity contribution in [3.8, 4) is 11.1 Å². The number of thioether (sulfide) groups is 1. The molecule has 4 heteroatoms. The molecule has 22 heavy (non-hydrogen) atoms. The molecule has 0 unspecified atom stereocenters. The van der Waals surface area contributed by atoms with Gasteiger partial charge in [-0.3, -0.25) is 0 Å². The van der Waals surface area contributed by atoms with Gasteiger partial charge in [0.05, 0.1) is 12.7 Å². The van der Waals surface area contributed by atoms with E-state index in [0.29, 0.717) is 5.56 Å². The van der Waals surface area contributed by atoms with Crippen LogP contribution in [0.15, 0.2) is 52.7 Å². The van der Waals surface area contributed by atoms with Crippen molar-refractivity contribution in [1.82, 2.24) is 0 Å². The van der Waals surface area contributed by atoms with Crippen molar-refractivity contribution in [3.05, 3.63) is 53.4 Å². The van der Waals surface area contributed by atoms with Gasteiger partial charge in [0.1, 0.15) is 0 Å². The Labute approximate surface area is 138 Å². The maximum atomic E-state index is 12.3. The molecule has 0 aliphatic heterocycles. The molecule has 3 aromatic rings.